The number of hydrogen-bond acceptors (Lipinski definition) is 0. The molecule has 0 spiro atoms. The van der Waals surface area contributed by atoms with Gasteiger partial charge < -0.3 is 60.6 Å². The van der Waals surface area contributed by atoms with Gasteiger partial charge in [0.25, 0.3) is 0 Å². The molecule has 0 fully saturated rings. The van der Waals surface area contributed by atoms with Crippen molar-refractivity contribution in [1.82, 2.24) is 0 Å². The molecule has 0 saturated carbocycles. The van der Waals surface area contributed by atoms with Crippen LogP contribution in [0.4, 0.5) is 0 Å². The standard InChI is InChI=1S/4ClH.2O.2Ti/h4*1H;;;;/q;;;;2*-2;2*+4/p-4. The first-order valence-electron chi connectivity index (χ1n) is 0. The van der Waals surface area contributed by atoms with Crippen molar-refractivity contribution in [2.45, 2.75) is 0 Å². The molecule has 0 unspecified atom stereocenters. The first kappa shape index (κ1) is 151. The summed E-state index contributed by atoms with van der Waals surface area (Å²) in [5.41, 5.74) is 0. The minimum absolute atomic E-state index is 0. The van der Waals surface area contributed by atoms with Crippen molar-refractivity contribution in [3.63, 3.8) is 0 Å². The summed E-state index contributed by atoms with van der Waals surface area (Å²) in [7, 11) is 0. The zero-order chi connectivity index (χ0) is 0. The van der Waals surface area contributed by atoms with Crippen LogP contribution in [0.1, 0.15) is 0 Å². The van der Waals surface area contributed by atoms with Crippen molar-refractivity contribution >= 4 is 0 Å². The predicted molar refractivity (Wildman–Crippen MR) is 1.37 cm³/mol. The fourth-order valence-electron chi connectivity index (χ4n) is 0. The second kappa shape index (κ2) is 109. The Morgan fingerprint density at radius 1 is 0.375 bits per heavy atom. The zero-order valence-electron chi connectivity index (χ0n) is 3.33. The first-order chi connectivity index (χ1) is 0. The Labute approximate surface area is 103 Å². The van der Waals surface area contributed by atoms with Gasteiger partial charge in [-0.15, -0.1) is 0 Å². The molecule has 0 radical (unpaired) electrons. The summed E-state index contributed by atoms with van der Waals surface area (Å²) in [5, 5.41) is 0. The molecule has 0 saturated heterocycles. The summed E-state index contributed by atoms with van der Waals surface area (Å²) in [5.74, 6) is 0. The summed E-state index contributed by atoms with van der Waals surface area (Å²) in [4.78, 5) is 0. The van der Waals surface area contributed by atoms with Crippen LogP contribution < -0.4 is 49.6 Å². The van der Waals surface area contributed by atoms with Crippen LogP contribution in [0.15, 0.2) is 0 Å². The van der Waals surface area contributed by atoms with Crippen LogP contribution in [0, 0.1) is 0 Å². The van der Waals surface area contributed by atoms with Crippen molar-refractivity contribution < 1.29 is 104 Å². The number of halogens is 4. The van der Waals surface area contributed by atoms with Crippen molar-refractivity contribution in [2.75, 3.05) is 0 Å². The van der Waals surface area contributed by atoms with Gasteiger partial charge in [-0.1, -0.05) is 0 Å². The van der Waals surface area contributed by atoms with Crippen molar-refractivity contribution in [3.8, 4) is 0 Å². The minimum Gasteiger partial charge on any atom is -2.00 e. The van der Waals surface area contributed by atoms with Crippen LogP contribution >= 0.6 is 0 Å². The van der Waals surface area contributed by atoms with Gasteiger partial charge in [0.2, 0.25) is 0 Å². The molecule has 48 valence electrons. The van der Waals surface area contributed by atoms with E-state index in [9.17, 15) is 0 Å². The van der Waals surface area contributed by atoms with Gasteiger partial charge in [0, 0.05) is 0 Å². The first-order valence-corrected chi connectivity index (χ1v) is 0. The van der Waals surface area contributed by atoms with Crippen molar-refractivity contribution in [2.24, 2.45) is 0 Å². The van der Waals surface area contributed by atoms with E-state index in [1.165, 1.54) is 0 Å². The van der Waals surface area contributed by atoms with Crippen LogP contribution in [-0.2, 0) is 54.4 Å². The van der Waals surface area contributed by atoms with Gasteiger partial charge >= 0.3 is 43.4 Å². The predicted octanol–water partition coefficient (Wildman–Crippen LogP) is -12.2. The van der Waals surface area contributed by atoms with E-state index < -0.39 is 0 Å². The van der Waals surface area contributed by atoms with Crippen molar-refractivity contribution in [3.05, 3.63) is 0 Å². The molecule has 0 aliphatic rings. The second-order valence-electron chi connectivity index (χ2n) is 0. The van der Waals surface area contributed by atoms with E-state index >= 15 is 0 Å². The summed E-state index contributed by atoms with van der Waals surface area (Å²) < 4.78 is 0. The largest absolute Gasteiger partial charge is 4.00 e. The monoisotopic (exact) mass is 268 g/mol. The van der Waals surface area contributed by atoms with Crippen LogP contribution in [0.5, 0.6) is 0 Å². The van der Waals surface area contributed by atoms with Gasteiger partial charge in [-0.3, -0.25) is 0 Å². The Kier molecular flexibility index (Phi) is 2060. The average molecular weight is 270 g/mol. The molecule has 8 heteroatoms. The summed E-state index contributed by atoms with van der Waals surface area (Å²) in [6.07, 6.45) is 0. The SMILES string of the molecule is [Cl-].[Cl-].[Cl-].[Cl-].[O-2].[O-2].[Ti+4].[Ti+4]. The van der Waals surface area contributed by atoms with Crippen molar-refractivity contribution in [1.29, 1.82) is 0 Å². The second-order valence-corrected chi connectivity index (χ2v) is 0. The Morgan fingerprint density at radius 3 is 0.375 bits per heavy atom. The van der Waals surface area contributed by atoms with Crippen LogP contribution in [0.2, 0.25) is 0 Å². The van der Waals surface area contributed by atoms with Gasteiger partial charge in [-0.25, -0.2) is 0 Å². The normalized spacial score (nSPS) is 0. The molecule has 0 aromatic rings. The number of rotatable bonds is 0. The van der Waals surface area contributed by atoms with E-state index in [0.717, 1.165) is 0 Å². The molecule has 2 nitrogen and oxygen atoms in total. The minimum atomic E-state index is 0. The molecule has 0 N–H and O–H groups in total. The molecule has 0 heterocycles. The van der Waals surface area contributed by atoms with Gasteiger partial charge in [0.1, 0.15) is 0 Å². The Balaban J connectivity index is 0. The van der Waals surface area contributed by atoms with Gasteiger partial charge in [0.05, 0.1) is 0 Å². The van der Waals surface area contributed by atoms with E-state index in [4.69, 9.17) is 0 Å². The molecular weight excluding hydrogens is 270 g/mol. The fourth-order valence-corrected chi connectivity index (χ4v) is 0. The molecule has 8 heavy (non-hydrogen) atoms. The maximum Gasteiger partial charge on any atom is 4.00 e. The van der Waals surface area contributed by atoms with Crippen LogP contribution in [0.25, 0.3) is 0 Å². The average Bonchev–Trinajstić information content (AvgIpc) is 0. The number of hydrogen-bond donors (Lipinski definition) is 0. The van der Waals surface area contributed by atoms with E-state index in [2.05, 4.69) is 0 Å². The molecule has 0 aliphatic heterocycles. The Morgan fingerprint density at radius 2 is 0.375 bits per heavy atom. The van der Waals surface area contributed by atoms with E-state index in [-0.39, 0.29) is 104 Å². The third-order valence-electron chi connectivity index (χ3n) is 0. The fraction of sp³-hybridized carbons (Fsp3) is 0. The zero-order valence-corrected chi connectivity index (χ0v) is 9.48. The quantitative estimate of drug-likeness (QED) is 0.392. The van der Waals surface area contributed by atoms with Gasteiger partial charge in [-0.05, 0) is 0 Å². The summed E-state index contributed by atoms with van der Waals surface area (Å²) in [6.45, 7) is 0. The third-order valence-corrected chi connectivity index (χ3v) is 0. The van der Waals surface area contributed by atoms with Gasteiger partial charge in [0.15, 0.2) is 0 Å². The smallest absolute Gasteiger partial charge is 2.00 e. The van der Waals surface area contributed by atoms with E-state index in [1.54, 1.807) is 0 Å². The molecule has 0 aromatic heterocycles. The maximum absolute atomic E-state index is 0. The summed E-state index contributed by atoms with van der Waals surface area (Å²) >= 11 is 0. The summed E-state index contributed by atoms with van der Waals surface area (Å²) in [6, 6.07) is 0. The van der Waals surface area contributed by atoms with Crippen LogP contribution in [0.3, 0.4) is 0 Å². The molecule has 0 rings (SSSR count). The molecule has 0 aromatic carbocycles. The molecular formula is Cl4O2Ti2. The van der Waals surface area contributed by atoms with Crippen LogP contribution in [-0.4, -0.2) is 0 Å². The molecule has 0 amide bonds. The third kappa shape index (κ3) is 76.2. The molecule has 0 atom stereocenters. The van der Waals surface area contributed by atoms with Gasteiger partial charge in [-0.2, -0.15) is 0 Å². The Bertz CT molecular complexity index is 12.0. The molecule has 0 bridgehead atoms. The van der Waals surface area contributed by atoms with E-state index in [1.807, 2.05) is 0 Å². The Hall–Kier alpha value is 2.51. The van der Waals surface area contributed by atoms with E-state index in [0.29, 0.717) is 0 Å². The molecule has 0 aliphatic carbocycles. The topological polar surface area (TPSA) is 57.0 Å². The maximum atomic E-state index is 0.